The SMILES string of the molecule is CC(C)OCc1ccc(C(=O)O[C@H](C)C(=O)c2ccc(NC(=O)C(C)(C)C)cc2)cc1. The topological polar surface area (TPSA) is 81.7 Å². The van der Waals surface area contributed by atoms with Crippen LogP contribution in [0.25, 0.3) is 0 Å². The Bertz CT molecular complexity index is 908. The van der Waals surface area contributed by atoms with Crippen LogP contribution in [-0.4, -0.2) is 29.9 Å². The Kier molecular flexibility index (Phi) is 8.11. The van der Waals surface area contributed by atoms with Crippen molar-refractivity contribution in [3.63, 3.8) is 0 Å². The molecule has 0 aliphatic rings. The van der Waals surface area contributed by atoms with Crippen molar-refractivity contribution in [2.24, 2.45) is 5.41 Å². The van der Waals surface area contributed by atoms with Crippen molar-refractivity contribution in [1.82, 2.24) is 0 Å². The van der Waals surface area contributed by atoms with Crippen LogP contribution in [0.5, 0.6) is 0 Å². The highest BCUT2D eigenvalue weighted by molar-refractivity contribution is 6.02. The monoisotopic (exact) mass is 425 g/mol. The third-order valence-electron chi connectivity index (χ3n) is 4.53. The van der Waals surface area contributed by atoms with Gasteiger partial charge >= 0.3 is 5.97 Å². The maximum absolute atomic E-state index is 12.6. The minimum absolute atomic E-state index is 0.115. The van der Waals surface area contributed by atoms with Gasteiger partial charge in [0, 0.05) is 16.7 Å². The zero-order chi connectivity index (χ0) is 23.2. The number of hydrogen-bond donors (Lipinski definition) is 1. The molecule has 6 nitrogen and oxygen atoms in total. The van der Waals surface area contributed by atoms with Crippen molar-refractivity contribution >= 4 is 23.3 Å². The molecule has 1 N–H and O–H groups in total. The van der Waals surface area contributed by atoms with Crippen molar-refractivity contribution in [2.75, 3.05) is 5.32 Å². The van der Waals surface area contributed by atoms with E-state index in [1.165, 1.54) is 0 Å². The standard InChI is InChI=1S/C25H31NO5/c1-16(2)30-15-18-7-9-20(10-8-18)23(28)31-17(3)22(27)19-11-13-21(14-12-19)26-24(29)25(4,5)6/h7-14,16-17H,15H2,1-6H3,(H,26,29)/t17-/m1/s1. The first kappa shape index (κ1) is 24.3. The molecule has 0 heterocycles. The molecule has 0 radical (unpaired) electrons. The van der Waals surface area contributed by atoms with Crippen molar-refractivity contribution in [2.45, 2.75) is 60.4 Å². The summed E-state index contributed by atoms with van der Waals surface area (Å²) in [6, 6.07) is 13.4. The molecule has 0 aliphatic carbocycles. The van der Waals surface area contributed by atoms with Gasteiger partial charge in [0.05, 0.1) is 18.3 Å². The first-order valence-electron chi connectivity index (χ1n) is 10.3. The Hall–Kier alpha value is -2.99. The van der Waals surface area contributed by atoms with Crippen LogP contribution >= 0.6 is 0 Å². The van der Waals surface area contributed by atoms with Gasteiger partial charge in [-0.1, -0.05) is 32.9 Å². The van der Waals surface area contributed by atoms with E-state index in [1.807, 2.05) is 34.6 Å². The van der Waals surface area contributed by atoms with Gasteiger partial charge in [-0.25, -0.2) is 4.79 Å². The third-order valence-corrected chi connectivity index (χ3v) is 4.53. The summed E-state index contributed by atoms with van der Waals surface area (Å²) in [5.41, 5.74) is 1.80. The zero-order valence-corrected chi connectivity index (χ0v) is 19.0. The third kappa shape index (κ3) is 7.33. The molecule has 0 bridgehead atoms. The fourth-order valence-electron chi connectivity index (χ4n) is 2.55. The molecule has 31 heavy (non-hydrogen) atoms. The highest BCUT2D eigenvalue weighted by Gasteiger charge is 2.22. The van der Waals surface area contributed by atoms with E-state index >= 15 is 0 Å². The quantitative estimate of drug-likeness (QED) is 0.474. The van der Waals surface area contributed by atoms with E-state index in [2.05, 4.69) is 5.32 Å². The molecular formula is C25H31NO5. The van der Waals surface area contributed by atoms with Crippen LogP contribution in [0.15, 0.2) is 48.5 Å². The molecule has 6 heteroatoms. The van der Waals surface area contributed by atoms with Gasteiger partial charge in [-0.3, -0.25) is 9.59 Å². The number of hydrogen-bond acceptors (Lipinski definition) is 5. The number of carbonyl (C=O) groups is 3. The normalized spacial score (nSPS) is 12.4. The Morgan fingerprint density at radius 2 is 1.42 bits per heavy atom. The van der Waals surface area contributed by atoms with E-state index in [0.29, 0.717) is 23.4 Å². The number of anilines is 1. The highest BCUT2D eigenvalue weighted by atomic mass is 16.5. The summed E-state index contributed by atoms with van der Waals surface area (Å²) < 4.78 is 10.9. The van der Waals surface area contributed by atoms with Gasteiger partial charge in [0.15, 0.2) is 6.10 Å². The van der Waals surface area contributed by atoms with E-state index < -0.39 is 17.5 Å². The van der Waals surface area contributed by atoms with Crippen molar-refractivity contribution in [1.29, 1.82) is 0 Å². The summed E-state index contributed by atoms with van der Waals surface area (Å²) in [6.07, 6.45) is -0.813. The summed E-state index contributed by atoms with van der Waals surface area (Å²) in [7, 11) is 0. The Labute approximate surface area is 183 Å². The van der Waals surface area contributed by atoms with Gasteiger partial charge in [-0.15, -0.1) is 0 Å². The number of benzene rings is 2. The molecule has 2 aromatic rings. The smallest absolute Gasteiger partial charge is 0.338 e. The van der Waals surface area contributed by atoms with Crippen molar-refractivity contribution in [3.8, 4) is 0 Å². The van der Waals surface area contributed by atoms with Crippen LogP contribution in [-0.2, 0) is 20.9 Å². The molecule has 2 aromatic carbocycles. The van der Waals surface area contributed by atoms with E-state index in [9.17, 15) is 14.4 Å². The molecule has 0 saturated carbocycles. The molecule has 166 valence electrons. The molecule has 1 atom stereocenters. The van der Waals surface area contributed by atoms with Gasteiger partial charge < -0.3 is 14.8 Å². The van der Waals surface area contributed by atoms with Crippen LogP contribution in [0, 0.1) is 5.41 Å². The fraction of sp³-hybridized carbons (Fsp3) is 0.400. The Balaban J connectivity index is 1.95. The number of Topliss-reactive ketones (excluding diaryl/α,β-unsaturated/α-hetero) is 1. The van der Waals surface area contributed by atoms with Gasteiger partial charge in [-0.2, -0.15) is 0 Å². The molecule has 0 aromatic heterocycles. The van der Waals surface area contributed by atoms with E-state index in [4.69, 9.17) is 9.47 Å². The van der Waals surface area contributed by atoms with Crippen LogP contribution in [0.2, 0.25) is 0 Å². The lowest BCUT2D eigenvalue weighted by Crippen LogP contribution is -2.27. The van der Waals surface area contributed by atoms with E-state index in [1.54, 1.807) is 55.5 Å². The minimum Gasteiger partial charge on any atom is -0.451 e. The number of esters is 1. The average molecular weight is 426 g/mol. The number of ketones is 1. The molecule has 2 rings (SSSR count). The molecular weight excluding hydrogens is 394 g/mol. The van der Waals surface area contributed by atoms with E-state index in [0.717, 1.165) is 5.56 Å². The zero-order valence-electron chi connectivity index (χ0n) is 19.0. The first-order chi connectivity index (χ1) is 14.5. The average Bonchev–Trinajstić information content (AvgIpc) is 2.71. The highest BCUT2D eigenvalue weighted by Crippen LogP contribution is 2.19. The van der Waals surface area contributed by atoms with E-state index in [-0.39, 0.29) is 17.8 Å². The second-order valence-corrected chi connectivity index (χ2v) is 8.75. The van der Waals surface area contributed by atoms with Crippen LogP contribution in [0.1, 0.15) is 67.8 Å². The summed E-state index contributed by atoms with van der Waals surface area (Å²) >= 11 is 0. The molecule has 0 saturated heterocycles. The summed E-state index contributed by atoms with van der Waals surface area (Å²) in [5, 5.41) is 2.81. The van der Waals surface area contributed by atoms with Gasteiger partial charge in [0.1, 0.15) is 0 Å². The second kappa shape index (κ2) is 10.4. The van der Waals surface area contributed by atoms with Gasteiger partial charge in [0.2, 0.25) is 11.7 Å². The Morgan fingerprint density at radius 1 is 0.871 bits per heavy atom. The number of rotatable bonds is 8. The summed E-state index contributed by atoms with van der Waals surface area (Å²) in [5.74, 6) is -0.995. The van der Waals surface area contributed by atoms with Crippen LogP contribution in [0.4, 0.5) is 5.69 Å². The van der Waals surface area contributed by atoms with Crippen LogP contribution in [0.3, 0.4) is 0 Å². The molecule has 0 spiro atoms. The molecule has 1 amide bonds. The molecule has 0 unspecified atom stereocenters. The van der Waals surface area contributed by atoms with Crippen molar-refractivity contribution < 1.29 is 23.9 Å². The lowest BCUT2D eigenvalue weighted by molar-refractivity contribution is -0.123. The second-order valence-electron chi connectivity index (χ2n) is 8.75. The van der Waals surface area contributed by atoms with Crippen molar-refractivity contribution in [3.05, 3.63) is 65.2 Å². The summed E-state index contributed by atoms with van der Waals surface area (Å²) in [6.45, 7) is 11.4. The first-order valence-corrected chi connectivity index (χ1v) is 10.3. The number of ether oxygens (including phenoxy) is 2. The maximum atomic E-state index is 12.6. The molecule has 0 aliphatic heterocycles. The number of carbonyl (C=O) groups excluding carboxylic acids is 3. The number of amides is 1. The predicted molar refractivity (Wildman–Crippen MR) is 120 cm³/mol. The van der Waals surface area contributed by atoms with Gasteiger partial charge in [0.25, 0.3) is 0 Å². The molecule has 0 fully saturated rings. The predicted octanol–water partition coefficient (Wildman–Crippen LogP) is 5.02. The fourth-order valence-corrected chi connectivity index (χ4v) is 2.55. The van der Waals surface area contributed by atoms with Crippen LogP contribution < -0.4 is 5.32 Å². The lowest BCUT2D eigenvalue weighted by Gasteiger charge is -2.18. The largest absolute Gasteiger partial charge is 0.451 e. The number of nitrogens with one attached hydrogen (secondary N) is 1. The maximum Gasteiger partial charge on any atom is 0.338 e. The van der Waals surface area contributed by atoms with Gasteiger partial charge in [-0.05, 0) is 62.7 Å². The minimum atomic E-state index is -0.938. The Morgan fingerprint density at radius 3 is 1.94 bits per heavy atom. The lowest BCUT2D eigenvalue weighted by atomic mass is 9.95. The summed E-state index contributed by atoms with van der Waals surface area (Å²) in [4.78, 5) is 37.1.